The van der Waals surface area contributed by atoms with Crippen LogP contribution in [-0.2, 0) is 14.3 Å². The highest BCUT2D eigenvalue weighted by Crippen LogP contribution is 2.34. The van der Waals surface area contributed by atoms with Crippen LogP contribution in [0.2, 0.25) is 5.02 Å². The lowest BCUT2D eigenvalue weighted by molar-refractivity contribution is -0.130. The molecule has 0 spiro atoms. The van der Waals surface area contributed by atoms with Crippen molar-refractivity contribution in [1.82, 2.24) is 0 Å². The first kappa shape index (κ1) is 13.7. The topological polar surface area (TPSA) is 65.0 Å². The van der Waals surface area contributed by atoms with Crippen LogP contribution < -0.4 is 0 Å². The van der Waals surface area contributed by atoms with E-state index in [0.717, 1.165) is 0 Å². The van der Waals surface area contributed by atoms with Gasteiger partial charge in [0.1, 0.15) is 0 Å². The van der Waals surface area contributed by atoms with Crippen LogP contribution in [0, 0.1) is 0 Å². The molecule has 2 aliphatic rings. The molecule has 0 bridgehead atoms. The zero-order valence-electron chi connectivity index (χ0n) is 11.6. The third-order valence-electron chi connectivity index (χ3n) is 3.49. The van der Waals surface area contributed by atoms with Gasteiger partial charge in [-0.25, -0.2) is 14.6 Å². The number of cyclic esters (lactones) is 2. The molecule has 2 heterocycles. The maximum Gasteiger partial charge on any atom is 0.367 e. The number of carbonyl (C=O) groups is 2. The van der Waals surface area contributed by atoms with Gasteiger partial charge in [-0.15, -0.1) is 0 Å². The first-order chi connectivity index (χ1) is 11.1. The zero-order chi connectivity index (χ0) is 16.0. The van der Waals surface area contributed by atoms with Gasteiger partial charge in [0, 0.05) is 16.1 Å². The molecule has 5 nitrogen and oxygen atoms in total. The van der Waals surface area contributed by atoms with Crippen LogP contribution in [0.4, 0.5) is 0 Å². The summed E-state index contributed by atoms with van der Waals surface area (Å²) in [5.74, 6) is -0.894. The smallest absolute Gasteiger partial charge is 0.367 e. The van der Waals surface area contributed by atoms with E-state index in [4.69, 9.17) is 21.1 Å². The second-order valence-electron chi connectivity index (χ2n) is 4.93. The Morgan fingerprint density at radius 3 is 2.26 bits per heavy atom. The van der Waals surface area contributed by atoms with Gasteiger partial charge in [-0.2, -0.15) is 0 Å². The van der Waals surface area contributed by atoms with Crippen LogP contribution in [0.15, 0.2) is 59.2 Å². The van der Waals surface area contributed by atoms with E-state index in [2.05, 4.69) is 4.99 Å². The second-order valence-corrected chi connectivity index (χ2v) is 5.36. The van der Waals surface area contributed by atoms with Crippen molar-refractivity contribution in [3.05, 3.63) is 75.9 Å². The Kier molecular flexibility index (Phi) is 3.02. The van der Waals surface area contributed by atoms with E-state index >= 15 is 0 Å². The van der Waals surface area contributed by atoms with E-state index in [1.54, 1.807) is 48.5 Å². The second kappa shape index (κ2) is 5.07. The number of hydrogen-bond acceptors (Lipinski definition) is 5. The van der Waals surface area contributed by atoms with Gasteiger partial charge in [-0.3, -0.25) is 0 Å². The minimum Gasteiger partial charge on any atom is -0.420 e. The summed E-state index contributed by atoms with van der Waals surface area (Å²) in [6.07, 6.45) is 0. The van der Waals surface area contributed by atoms with Gasteiger partial charge in [0.05, 0.1) is 5.56 Å². The fraction of sp³-hybridized carbons (Fsp3) is 0. The normalized spacial score (nSPS) is 19.3. The predicted molar refractivity (Wildman–Crippen MR) is 82.9 cm³/mol. The Morgan fingerprint density at radius 1 is 0.826 bits per heavy atom. The summed E-state index contributed by atoms with van der Waals surface area (Å²) in [6.45, 7) is 0. The molecule has 0 unspecified atom stereocenters. The highest BCUT2D eigenvalue weighted by atomic mass is 35.5. The van der Waals surface area contributed by atoms with Gasteiger partial charge < -0.3 is 9.47 Å². The molecule has 23 heavy (non-hydrogen) atoms. The highest BCUT2D eigenvalue weighted by molar-refractivity contribution is 6.30. The number of esters is 2. The predicted octanol–water partition coefficient (Wildman–Crippen LogP) is 3.18. The maximum atomic E-state index is 12.1. The van der Waals surface area contributed by atoms with Crippen LogP contribution >= 0.6 is 11.6 Å². The van der Waals surface area contributed by atoms with Gasteiger partial charge in [0.15, 0.2) is 11.5 Å². The van der Waals surface area contributed by atoms with Gasteiger partial charge in [-0.05, 0) is 30.3 Å². The Morgan fingerprint density at radius 2 is 1.52 bits per heavy atom. The summed E-state index contributed by atoms with van der Waals surface area (Å²) in [5, 5.41) is 0.566. The Bertz CT molecular complexity index is 912. The SMILES string of the molecule is O=C1OC(c2ccc(Cl)cc2)=N/C1=C1/OC(=O)c2ccccc21. The number of rotatable bonds is 1. The third-order valence-corrected chi connectivity index (χ3v) is 3.74. The molecule has 6 heteroatoms. The summed E-state index contributed by atoms with van der Waals surface area (Å²) < 4.78 is 10.4. The lowest BCUT2D eigenvalue weighted by Gasteiger charge is -1.99. The number of fused-ring (bicyclic) bond motifs is 1. The van der Waals surface area contributed by atoms with E-state index in [-0.39, 0.29) is 17.4 Å². The first-order valence-corrected chi connectivity index (χ1v) is 7.14. The Labute approximate surface area is 135 Å². The van der Waals surface area contributed by atoms with E-state index < -0.39 is 11.9 Å². The molecular weight excluding hydrogens is 318 g/mol. The standard InChI is InChI=1S/C17H8ClNO4/c18-10-7-5-9(6-8-10)15-19-13(17(21)23-15)14-11-3-1-2-4-12(11)16(20)22-14/h1-8H/b14-13+. The van der Waals surface area contributed by atoms with Gasteiger partial charge >= 0.3 is 11.9 Å². The van der Waals surface area contributed by atoms with E-state index in [9.17, 15) is 9.59 Å². The lowest BCUT2D eigenvalue weighted by atomic mass is 10.1. The molecule has 0 amide bonds. The van der Waals surface area contributed by atoms with Crippen molar-refractivity contribution < 1.29 is 19.1 Å². The van der Waals surface area contributed by atoms with Gasteiger partial charge in [0.2, 0.25) is 5.90 Å². The Balaban J connectivity index is 1.82. The quantitative estimate of drug-likeness (QED) is 0.596. The van der Waals surface area contributed by atoms with E-state index in [1.807, 2.05) is 0 Å². The van der Waals surface area contributed by atoms with Crippen LogP contribution in [0.3, 0.4) is 0 Å². The average Bonchev–Trinajstić information content (AvgIpc) is 3.09. The molecule has 0 saturated heterocycles. The van der Waals surface area contributed by atoms with Crippen molar-refractivity contribution >= 4 is 35.2 Å². The number of hydrogen-bond donors (Lipinski definition) is 0. The average molecular weight is 326 g/mol. The number of benzene rings is 2. The molecule has 2 aromatic carbocycles. The van der Waals surface area contributed by atoms with Crippen molar-refractivity contribution in [1.29, 1.82) is 0 Å². The third kappa shape index (κ3) is 2.22. The van der Waals surface area contributed by atoms with E-state index in [1.165, 1.54) is 0 Å². The zero-order valence-corrected chi connectivity index (χ0v) is 12.3. The molecular formula is C17H8ClNO4. The summed E-state index contributed by atoms with van der Waals surface area (Å²) in [5.41, 5.74) is 1.52. The fourth-order valence-corrected chi connectivity index (χ4v) is 2.53. The number of carbonyl (C=O) groups excluding carboxylic acids is 2. The largest absolute Gasteiger partial charge is 0.420 e. The van der Waals surface area contributed by atoms with Gasteiger partial charge in [0.25, 0.3) is 0 Å². The summed E-state index contributed by atoms with van der Waals surface area (Å²) >= 11 is 5.84. The first-order valence-electron chi connectivity index (χ1n) is 6.76. The molecule has 0 atom stereocenters. The number of halogens is 1. The maximum absolute atomic E-state index is 12.1. The van der Waals surface area contributed by atoms with Crippen LogP contribution in [0.1, 0.15) is 21.5 Å². The fourth-order valence-electron chi connectivity index (χ4n) is 2.40. The number of nitrogens with zero attached hydrogens (tertiary/aromatic N) is 1. The van der Waals surface area contributed by atoms with Crippen LogP contribution in [-0.4, -0.2) is 17.8 Å². The molecule has 0 radical (unpaired) electrons. The van der Waals surface area contributed by atoms with Crippen molar-refractivity contribution in [2.75, 3.05) is 0 Å². The molecule has 4 rings (SSSR count). The monoisotopic (exact) mass is 325 g/mol. The summed E-state index contributed by atoms with van der Waals surface area (Å²) in [4.78, 5) is 28.2. The molecule has 0 aromatic heterocycles. The molecule has 0 aliphatic carbocycles. The van der Waals surface area contributed by atoms with E-state index in [0.29, 0.717) is 21.7 Å². The molecule has 2 aromatic rings. The molecule has 2 aliphatic heterocycles. The van der Waals surface area contributed by atoms with Crippen molar-refractivity contribution in [2.24, 2.45) is 4.99 Å². The minimum absolute atomic E-state index is 0.0201. The van der Waals surface area contributed by atoms with Crippen molar-refractivity contribution in [3.63, 3.8) is 0 Å². The van der Waals surface area contributed by atoms with Crippen LogP contribution in [0.25, 0.3) is 5.76 Å². The summed E-state index contributed by atoms with van der Waals surface area (Å²) in [7, 11) is 0. The molecule has 0 saturated carbocycles. The summed E-state index contributed by atoms with van der Waals surface area (Å²) in [6, 6.07) is 13.5. The lowest BCUT2D eigenvalue weighted by Crippen LogP contribution is -2.06. The van der Waals surface area contributed by atoms with Crippen LogP contribution in [0.5, 0.6) is 0 Å². The number of aliphatic imine (C=N–C) groups is 1. The van der Waals surface area contributed by atoms with Gasteiger partial charge in [-0.1, -0.05) is 29.8 Å². The molecule has 0 N–H and O–H groups in total. The Hall–Kier alpha value is -2.92. The van der Waals surface area contributed by atoms with Crippen molar-refractivity contribution in [3.8, 4) is 0 Å². The molecule has 112 valence electrons. The number of ether oxygens (including phenoxy) is 2. The van der Waals surface area contributed by atoms with Crippen molar-refractivity contribution in [2.45, 2.75) is 0 Å². The highest BCUT2D eigenvalue weighted by Gasteiger charge is 2.35. The minimum atomic E-state index is -0.658. The molecule has 0 fully saturated rings.